The maximum Gasteiger partial charge on any atom is 0.524 e. The van der Waals surface area contributed by atoms with Gasteiger partial charge in [-0.25, -0.2) is 0 Å². The second-order valence-electron chi connectivity index (χ2n) is 15.2. The highest BCUT2D eigenvalue weighted by Crippen LogP contribution is 2.71. The molecule has 0 aliphatic carbocycles. The summed E-state index contributed by atoms with van der Waals surface area (Å²) >= 11 is 0.146. The fourth-order valence-corrected chi connectivity index (χ4v) is 10.7. The lowest BCUT2D eigenvalue weighted by Crippen LogP contribution is -2.27. The molecule has 0 fully saturated rings. The SMILES string of the molecule is CC(C)(C)c1ccc(S(OS(=O)(=O)C(F)(F)F)(c2ccc(C(C)(C)C)cc2)c2ccc(C(C)(C)C)cc2)cc1.O=S(=O)(OSc1ccccc1)C(F)(F)F. The van der Waals surface area contributed by atoms with Crippen molar-refractivity contribution in [3.63, 3.8) is 0 Å². The number of rotatable bonds is 8. The van der Waals surface area contributed by atoms with E-state index in [1.807, 2.05) is 98.7 Å². The molecule has 0 aromatic heterocycles. The summed E-state index contributed by atoms with van der Waals surface area (Å²) in [6, 6.07) is 28.7. The van der Waals surface area contributed by atoms with E-state index in [0.29, 0.717) is 14.7 Å². The molecule has 0 atom stereocenters. The molecule has 0 heterocycles. The van der Waals surface area contributed by atoms with E-state index in [1.165, 1.54) is 12.1 Å². The third kappa shape index (κ3) is 11.1. The summed E-state index contributed by atoms with van der Waals surface area (Å²) in [5.41, 5.74) is -8.73. The summed E-state index contributed by atoms with van der Waals surface area (Å²) in [6.45, 7) is 18.3. The Balaban J connectivity index is 0.000000437. The predicted octanol–water partition coefficient (Wildman–Crippen LogP) is 12.2. The van der Waals surface area contributed by atoms with Crippen LogP contribution >= 0.6 is 22.4 Å². The van der Waals surface area contributed by atoms with Crippen molar-refractivity contribution in [3.05, 3.63) is 120 Å². The van der Waals surface area contributed by atoms with Gasteiger partial charge in [0.05, 0.1) is 0 Å². The van der Waals surface area contributed by atoms with Gasteiger partial charge < -0.3 is 0 Å². The molecular weight excluding hydrogens is 795 g/mol. The summed E-state index contributed by atoms with van der Waals surface area (Å²) in [5, 5.41) is 0. The Bertz CT molecular complexity index is 1920. The molecule has 4 aromatic rings. The molecule has 0 aliphatic heterocycles. The number of benzene rings is 4. The van der Waals surface area contributed by atoms with Gasteiger partial charge in [0.1, 0.15) is 0 Å². The van der Waals surface area contributed by atoms with Crippen molar-refractivity contribution in [1.82, 2.24) is 0 Å². The number of alkyl halides is 6. The van der Waals surface area contributed by atoms with Crippen LogP contribution in [0, 0.1) is 0 Å². The van der Waals surface area contributed by atoms with Crippen LogP contribution in [0.5, 0.6) is 0 Å². The largest absolute Gasteiger partial charge is 0.524 e. The first-order valence-electron chi connectivity index (χ1n) is 16.3. The third-order valence-corrected chi connectivity index (χ3v) is 14.8. The second-order valence-corrected chi connectivity index (χ2v) is 22.2. The lowest BCUT2D eigenvalue weighted by atomic mass is 9.87. The third-order valence-electron chi connectivity index (χ3n) is 7.88. The minimum Gasteiger partial charge on any atom is -0.200 e. The van der Waals surface area contributed by atoms with Crippen molar-refractivity contribution in [2.75, 3.05) is 0 Å². The minimum absolute atomic E-state index is 0.146. The normalized spacial score (nSPS) is 13.9. The van der Waals surface area contributed by atoms with E-state index in [4.69, 9.17) is 3.63 Å². The van der Waals surface area contributed by atoms with Crippen LogP contribution in [-0.4, -0.2) is 27.9 Å². The maximum atomic E-state index is 13.9. The molecule has 0 aliphatic rings. The molecule has 6 nitrogen and oxygen atoms in total. The van der Waals surface area contributed by atoms with Crippen LogP contribution in [0.4, 0.5) is 26.3 Å². The van der Waals surface area contributed by atoms with E-state index in [1.54, 1.807) is 54.6 Å². The Hall–Kier alpha value is -3.02. The van der Waals surface area contributed by atoms with Crippen LogP contribution in [0.15, 0.2) is 123 Å². The molecule has 0 N–H and O–H groups in total. The Morgan fingerprint density at radius 3 is 1.00 bits per heavy atom. The average molecular weight is 839 g/mol. The van der Waals surface area contributed by atoms with E-state index in [-0.39, 0.29) is 33.2 Å². The van der Waals surface area contributed by atoms with Crippen molar-refractivity contribution in [2.24, 2.45) is 0 Å². The lowest BCUT2D eigenvalue weighted by molar-refractivity contribution is -0.0500. The van der Waals surface area contributed by atoms with E-state index in [0.717, 1.165) is 16.7 Å². The van der Waals surface area contributed by atoms with E-state index < -0.39 is 41.6 Å². The molecule has 0 bridgehead atoms. The first-order valence-corrected chi connectivity index (χ1v) is 21.4. The smallest absolute Gasteiger partial charge is 0.200 e. The number of hydrogen-bond donors (Lipinski definition) is 0. The first kappa shape index (κ1) is 45.4. The molecule has 0 amide bonds. The molecule has 54 heavy (non-hydrogen) atoms. The van der Waals surface area contributed by atoms with Crippen LogP contribution in [0.25, 0.3) is 0 Å². The molecule has 0 spiro atoms. The van der Waals surface area contributed by atoms with E-state index in [2.05, 4.69) is 3.63 Å². The Labute approximate surface area is 320 Å². The monoisotopic (exact) mass is 838 g/mol. The topological polar surface area (TPSA) is 86.7 Å². The van der Waals surface area contributed by atoms with Gasteiger partial charge in [0, 0.05) is 31.6 Å². The van der Waals surface area contributed by atoms with Crippen LogP contribution in [0.3, 0.4) is 0 Å². The van der Waals surface area contributed by atoms with E-state index >= 15 is 0 Å². The molecule has 0 unspecified atom stereocenters. The fraction of sp³-hybridized carbons (Fsp3) is 0.368. The molecule has 0 saturated carbocycles. The van der Waals surface area contributed by atoms with Crippen molar-refractivity contribution in [2.45, 2.75) is 109 Å². The van der Waals surface area contributed by atoms with Crippen LogP contribution in [0.1, 0.15) is 79.0 Å². The maximum absolute atomic E-state index is 13.9. The average Bonchev–Trinajstić information content (AvgIpc) is 3.05. The summed E-state index contributed by atoms with van der Waals surface area (Å²) in [6.07, 6.45) is 0. The minimum atomic E-state index is -5.98. The van der Waals surface area contributed by atoms with Gasteiger partial charge in [-0.3, -0.25) is 0 Å². The fourth-order valence-electron chi connectivity index (χ4n) is 4.74. The molecule has 0 radical (unpaired) electrons. The highest BCUT2D eigenvalue weighted by Gasteiger charge is 2.52. The van der Waals surface area contributed by atoms with Crippen LogP contribution < -0.4 is 0 Å². The summed E-state index contributed by atoms with van der Waals surface area (Å²) in [5.74, 6) is 0. The second kappa shape index (κ2) is 16.2. The van der Waals surface area contributed by atoms with Gasteiger partial charge in [-0.05, 0) is 91.8 Å². The molecular formula is C38H44F6O6S4. The van der Waals surface area contributed by atoms with Gasteiger partial charge in [0.15, 0.2) is 0 Å². The predicted molar refractivity (Wildman–Crippen MR) is 202 cm³/mol. The quantitative estimate of drug-likeness (QED) is 0.0992. The van der Waals surface area contributed by atoms with Gasteiger partial charge in [0.25, 0.3) is 0 Å². The number of hydrogen-bond acceptors (Lipinski definition) is 7. The Kier molecular flexibility index (Phi) is 13.6. The van der Waals surface area contributed by atoms with Gasteiger partial charge in [-0.1, -0.05) is 117 Å². The van der Waals surface area contributed by atoms with Gasteiger partial charge >= 0.3 is 31.3 Å². The number of halogens is 6. The van der Waals surface area contributed by atoms with Crippen molar-refractivity contribution < 1.29 is 50.4 Å². The molecule has 16 heteroatoms. The molecule has 0 saturated heterocycles. The zero-order chi connectivity index (χ0) is 41.2. The highest BCUT2D eigenvalue weighted by molar-refractivity contribution is 8.33. The first-order chi connectivity index (χ1) is 24.4. The van der Waals surface area contributed by atoms with Gasteiger partial charge in [0.2, 0.25) is 0 Å². The molecule has 4 aromatic carbocycles. The van der Waals surface area contributed by atoms with Crippen molar-refractivity contribution >= 4 is 42.6 Å². The van der Waals surface area contributed by atoms with Gasteiger partial charge in [-0.15, -0.1) is 0 Å². The zero-order valence-electron chi connectivity index (χ0n) is 31.2. The van der Waals surface area contributed by atoms with Crippen LogP contribution in [0.2, 0.25) is 0 Å². The molecule has 4 rings (SSSR count). The van der Waals surface area contributed by atoms with Crippen molar-refractivity contribution in [1.29, 1.82) is 0 Å². The standard InChI is InChI=1S/C31H39F3O3S2.C7H5F3O3S2/c1-28(2,3)22-10-16-25(17-11-22)38(37-39(35,36)31(32,33)34,26-18-12-23(13-19-26)29(4,5)6)27-20-14-24(15-21-27)30(7,8)9;8-7(9,10)15(11,12)13-14-6-4-2-1-3-5-6/h10-21H,1-9H3;1-5H. The summed E-state index contributed by atoms with van der Waals surface area (Å²) in [7, 11) is -14.9. The Morgan fingerprint density at radius 2 is 0.741 bits per heavy atom. The van der Waals surface area contributed by atoms with Crippen LogP contribution in [-0.2, 0) is 43.7 Å². The zero-order valence-corrected chi connectivity index (χ0v) is 34.4. The lowest BCUT2D eigenvalue weighted by Gasteiger charge is -2.40. The molecule has 298 valence electrons. The van der Waals surface area contributed by atoms with Gasteiger partial charge in [-0.2, -0.15) is 50.4 Å². The summed E-state index contributed by atoms with van der Waals surface area (Å²) < 4.78 is 133. The van der Waals surface area contributed by atoms with Crippen molar-refractivity contribution in [3.8, 4) is 0 Å². The summed E-state index contributed by atoms with van der Waals surface area (Å²) in [4.78, 5) is 1.34. The Morgan fingerprint density at radius 1 is 0.444 bits per heavy atom. The highest BCUT2D eigenvalue weighted by atomic mass is 32.3. The van der Waals surface area contributed by atoms with E-state index in [9.17, 15) is 43.2 Å².